The minimum Gasteiger partial charge on any atom is -0.478 e. The van der Waals surface area contributed by atoms with E-state index in [9.17, 15) is 20.1 Å². The Morgan fingerprint density at radius 2 is 1.93 bits per heavy atom. The van der Waals surface area contributed by atoms with Crippen molar-refractivity contribution in [2.24, 2.45) is 23.7 Å². The molecule has 4 nitrogen and oxygen atoms in total. The third kappa shape index (κ3) is 4.49. The summed E-state index contributed by atoms with van der Waals surface area (Å²) >= 11 is 0. The molecule has 0 spiro atoms. The maximum absolute atomic E-state index is 11.2. The van der Waals surface area contributed by atoms with Crippen molar-refractivity contribution in [1.29, 1.82) is 0 Å². The molecule has 5 atom stereocenters. The van der Waals surface area contributed by atoms with Crippen LogP contribution in [0.5, 0.6) is 0 Å². The molecule has 0 aromatic heterocycles. The number of rotatable bonds is 5. The second-order valence-electron chi connectivity index (χ2n) is 9.11. The van der Waals surface area contributed by atoms with Gasteiger partial charge in [-0.3, -0.25) is 0 Å². The number of carbonyl (C=O) groups is 1. The normalized spacial score (nSPS) is 32.7. The van der Waals surface area contributed by atoms with Crippen LogP contribution in [0.4, 0.5) is 0 Å². The molecule has 0 unspecified atom stereocenters. The minimum atomic E-state index is -0.910. The van der Waals surface area contributed by atoms with Gasteiger partial charge in [0, 0.05) is 5.92 Å². The van der Waals surface area contributed by atoms with Gasteiger partial charge in [-0.1, -0.05) is 55.2 Å². The number of benzene rings is 1. The molecule has 3 N–H and O–H groups in total. The van der Waals surface area contributed by atoms with E-state index in [-0.39, 0.29) is 12.0 Å². The summed E-state index contributed by atoms with van der Waals surface area (Å²) in [4.78, 5) is 11.2. The van der Waals surface area contributed by atoms with Crippen molar-refractivity contribution in [3.05, 3.63) is 53.1 Å². The number of aliphatic hydroxyl groups is 2. The molecule has 3 saturated carbocycles. The molecule has 1 aromatic carbocycles. The summed E-state index contributed by atoms with van der Waals surface area (Å²) in [7, 11) is 0. The van der Waals surface area contributed by atoms with Crippen LogP contribution in [0, 0.1) is 23.7 Å². The Balaban J connectivity index is 1.45. The molecule has 156 valence electrons. The van der Waals surface area contributed by atoms with Crippen LogP contribution in [0.2, 0.25) is 0 Å². The Labute approximate surface area is 173 Å². The zero-order valence-electron chi connectivity index (χ0n) is 16.9. The minimum absolute atomic E-state index is 0.106. The van der Waals surface area contributed by atoms with E-state index in [2.05, 4.69) is 12.2 Å². The van der Waals surface area contributed by atoms with Gasteiger partial charge in [0.15, 0.2) is 0 Å². The van der Waals surface area contributed by atoms with Crippen molar-refractivity contribution in [3.63, 3.8) is 0 Å². The molecule has 0 saturated heterocycles. The van der Waals surface area contributed by atoms with Crippen molar-refractivity contribution in [2.75, 3.05) is 0 Å². The quantitative estimate of drug-likeness (QED) is 0.632. The van der Waals surface area contributed by atoms with Gasteiger partial charge >= 0.3 is 5.97 Å². The highest BCUT2D eigenvalue weighted by Crippen LogP contribution is 2.51. The summed E-state index contributed by atoms with van der Waals surface area (Å²) < 4.78 is 0. The van der Waals surface area contributed by atoms with Gasteiger partial charge in [-0.15, -0.1) is 0 Å². The lowest BCUT2D eigenvalue weighted by atomic mass is 9.84. The van der Waals surface area contributed by atoms with Crippen LogP contribution in [-0.2, 0) is 0 Å². The SMILES string of the molecule is O=C(O)c1cccc(C=C2CC[C@H]3[C@@H](/C=C/[C@@H](O)C4CCCCC4)[C@H](O)C[C@@H]23)c1. The zero-order chi connectivity index (χ0) is 20.4. The maximum atomic E-state index is 11.2. The lowest BCUT2D eigenvalue weighted by Gasteiger charge is -2.25. The Morgan fingerprint density at radius 1 is 1.14 bits per heavy atom. The number of aromatic carboxylic acids is 1. The number of allylic oxidation sites excluding steroid dienone is 1. The van der Waals surface area contributed by atoms with E-state index in [1.807, 2.05) is 12.1 Å². The predicted octanol–water partition coefficient (Wildman–Crippen LogP) is 4.67. The fraction of sp³-hybridized carbons (Fsp3) is 0.560. The van der Waals surface area contributed by atoms with Crippen LogP contribution >= 0.6 is 0 Å². The average Bonchev–Trinajstić information content (AvgIpc) is 3.25. The first-order valence-electron chi connectivity index (χ1n) is 11.1. The average molecular weight is 397 g/mol. The summed E-state index contributed by atoms with van der Waals surface area (Å²) in [5.41, 5.74) is 2.54. The van der Waals surface area contributed by atoms with Gasteiger partial charge in [-0.05, 0) is 67.6 Å². The fourth-order valence-electron chi connectivity index (χ4n) is 5.79. The molecule has 4 heteroatoms. The van der Waals surface area contributed by atoms with E-state index in [0.29, 0.717) is 23.3 Å². The summed E-state index contributed by atoms with van der Waals surface area (Å²) in [5.74, 6) is 0.325. The number of carboxylic acids is 1. The molecule has 1 aromatic rings. The molecule has 0 aliphatic heterocycles. The van der Waals surface area contributed by atoms with E-state index in [1.54, 1.807) is 18.2 Å². The Morgan fingerprint density at radius 3 is 2.69 bits per heavy atom. The van der Waals surface area contributed by atoms with Crippen LogP contribution in [0.1, 0.15) is 67.3 Å². The molecular formula is C25H32O4. The van der Waals surface area contributed by atoms with Gasteiger partial charge in [0.1, 0.15) is 0 Å². The summed E-state index contributed by atoms with van der Waals surface area (Å²) in [6.45, 7) is 0. The topological polar surface area (TPSA) is 77.8 Å². The van der Waals surface area contributed by atoms with Gasteiger partial charge in [0.05, 0.1) is 17.8 Å². The smallest absolute Gasteiger partial charge is 0.335 e. The van der Waals surface area contributed by atoms with E-state index >= 15 is 0 Å². The van der Waals surface area contributed by atoms with Gasteiger partial charge in [0.25, 0.3) is 0 Å². The van der Waals surface area contributed by atoms with Gasteiger partial charge in [0.2, 0.25) is 0 Å². The van der Waals surface area contributed by atoms with Crippen molar-refractivity contribution in [1.82, 2.24) is 0 Å². The van der Waals surface area contributed by atoms with Crippen molar-refractivity contribution in [2.45, 2.75) is 63.6 Å². The second-order valence-corrected chi connectivity index (χ2v) is 9.11. The van der Waals surface area contributed by atoms with E-state index in [1.165, 1.54) is 24.8 Å². The first-order valence-corrected chi connectivity index (χ1v) is 11.1. The number of carboxylic acid groups (broad SMARTS) is 1. The first-order chi connectivity index (χ1) is 14.0. The highest BCUT2D eigenvalue weighted by atomic mass is 16.4. The first kappa shape index (κ1) is 20.4. The van der Waals surface area contributed by atoms with E-state index in [0.717, 1.165) is 37.7 Å². The molecule has 3 fully saturated rings. The highest BCUT2D eigenvalue weighted by Gasteiger charge is 2.45. The fourth-order valence-corrected chi connectivity index (χ4v) is 5.79. The van der Waals surface area contributed by atoms with Crippen molar-refractivity contribution in [3.8, 4) is 0 Å². The molecule has 3 aliphatic rings. The number of aliphatic hydroxyl groups excluding tert-OH is 2. The number of fused-ring (bicyclic) bond motifs is 1. The molecule has 0 radical (unpaired) electrons. The molecule has 3 aliphatic carbocycles. The lowest BCUT2D eigenvalue weighted by molar-refractivity contribution is 0.0696. The van der Waals surface area contributed by atoms with Gasteiger partial charge < -0.3 is 15.3 Å². The summed E-state index contributed by atoms with van der Waals surface area (Å²) in [5, 5.41) is 30.4. The zero-order valence-corrected chi connectivity index (χ0v) is 16.9. The Hall–Kier alpha value is -1.91. The van der Waals surface area contributed by atoms with Crippen LogP contribution in [0.25, 0.3) is 6.08 Å². The Bertz CT molecular complexity index is 790. The third-order valence-electron chi connectivity index (χ3n) is 7.34. The predicted molar refractivity (Wildman–Crippen MR) is 113 cm³/mol. The molecule has 4 rings (SSSR count). The third-order valence-corrected chi connectivity index (χ3v) is 7.34. The Kier molecular flexibility index (Phi) is 6.21. The highest BCUT2D eigenvalue weighted by molar-refractivity contribution is 5.88. The van der Waals surface area contributed by atoms with Crippen molar-refractivity contribution < 1.29 is 20.1 Å². The molecule has 29 heavy (non-hydrogen) atoms. The molecule has 0 bridgehead atoms. The van der Waals surface area contributed by atoms with Crippen LogP contribution in [0.3, 0.4) is 0 Å². The summed E-state index contributed by atoms with van der Waals surface area (Å²) in [6, 6.07) is 7.05. The maximum Gasteiger partial charge on any atom is 0.335 e. The van der Waals surface area contributed by atoms with Gasteiger partial charge in [-0.2, -0.15) is 0 Å². The molecular weight excluding hydrogens is 364 g/mol. The van der Waals surface area contributed by atoms with Crippen LogP contribution in [0.15, 0.2) is 42.0 Å². The van der Waals surface area contributed by atoms with Crippen LogP contribution in [-0.4, -0.2) is 33.5 Å². The van der Waals surface area contributed by atoms with Crippen molar-refractivity contribution >= 4 is 12.0 Å². The van der Waals surface area contributed by atoms with E-state index < -0.39 is 12.1 Å². The lowest BCUT2D eigenvalue weighted by Crippen LogP contribution is -2.22. The monoisotopic (exact) mass is 396 g/mol. The standard InChI is InChI=1S/C25H32O4/c26-23(17-6-2-1-3-7-17)12-11-21-20-10-9-18(22(20)15-24(21)27)13-16-5-4-8-19(14-16)25(28)29/h4-5,8,11-14,17,20-24,26-27H,1-3,6-7,9-10,15H2,(H,28,29)/b12-11+,18-13?/t20-,21+,22-,23+,24+/m0/s1. The summed E-state index contributed by atoms with van der Waals surface area (Å²) in [6.07, 6.45) is 14.1. The van der Waals surface area contributed by atoms with Crippen LogP contribution < -0.4 is 0 Å². The van der Waals surface area contributed by atoms with E-state index in [4.69, 9.17) is 0 Å². The molecule has 0 amide bonds. The largest absolute Gasteiger partial charge is 0.478 e. The second kappa shape index (κ2) is 8.85. The molecule has 0 heterocycles. The number of hydrogen-bond acceptors (Lipinski definition) is 3. The number of hydrogen-bond donors (Lipinski definition) is 3. The van der Waals surface area contributed by atoms with Gasteiger partial charge in [-0.25, -0.2) is 4.79 Å².